The van der Waals surface area contributed by atoms with E-state index in [9.17, 15) is 0 Å². The van der Waals surface area contributed by atoms with Crippen molar-refractivity contribution in [3.63, 3.8) is 0 Å². The van der Waals surface area contributed by atoms with Crippen molar-refractivity contribution < 1.29 is 0 Å². The van der Waals surface area contributed by atoms with Gasteiger partial charge in [0.2, 0.25) is 0 Å². The lowest BCUT2D eigenvalue weighted by molar-refractivity contribution is 0.215. The van der Waals surface area contributed by atoms with E-state index in [1.54, 1.807) is 0 Å². The number of rotatable bonds is 9. The molecule has 1 saturated heterocycles. The molecule has 0 radical (unpaired) electrons. The van der Waals surface area contributed by atoms with E-state index in [1.807, 2.05) is 6.08 Å². The molecule has 0 spiro atoms. The third kappa shape index (κ3) is 4.80. The van der Waals surface area contributed by atoms with Gasteiger partial charge in [-0.1, -0.05) is 43.3 Å². The molecule has 0 bridgehead atoms. The molecule has 34 heavy (non-hydrogen) atoms. The fourth-order valence-corrected chi connectivity index (χ4v) is 5.91. The Labute approximate surface area is 205 Å². The van der Waals surface area contributed by atoms with E-state index in [0.29, 0.717) is 0 Å². The Hall–Kier alpha value is -2.56. The van der Waals surface area contributed by atoms with Gasteiger partial charge < -0.3 is 15.2 Å². The average molecular weight is 457 g/mol. The zero-order valence-corrected chi connectivity index (χ0v) is 20.7. The van der Waals surface area contributed by atoms with Crippen molar-refractivity contribution in [1.82, 2.24) is 15.2 Å². The summed E-state index contributed by atoms with van der Waals surface area (Å²) in [5.74, 6) is 0.822. The maximum absolute atomic E-state index is 3.97. The molecule has 2 aliphatic rings. The summed E-state index contributed by atoms with van der Waals surface area (Å²) in [6.07, 6.45) is 7.96. The van der Waals surface area contributed by atoms with Crippen LogP contribution >= 0.6 is 0 Å². The highest BCUT2D eigenvalue weighted by Gasteiger charge is 2.31. The van der Waals surface area contributed by atoms with Crippen molar-refractivity contribution in [2.45, 2.75) is 45.1 Å². The van der Waals surface area contributed by atoms with Gasteiger partial charge in [0, 0.05) is 48.5 Å². The van der Waals surface area contributed by atoms with Gasteiger partial charge in [0.25, 0.3) is 0 Å². The Balaban J connectivity index is 1.34. The minimum atomic E-state index is 0.278. The molecular formula is C30H40N4. The van der Waals surface area contributed by atoms with E-state index in [4.69, 9.17) is 0 Å². The molecule has 2 N–H and O–H groups in total. The Bertz CT molecular complexity index is 1070. The van der Waals surface area contributed by atoms with Crippen LogP contribution in [-0.2, 0) is 6.42 Å². The molecule has 5 rings (SSSR count). The average Bonchev–Trinajstić information content (AvgIpc) is 3.26. The molecule has 0 amide bonds. The molecule has 2 aliphatic heterocycles. The van der Waals surface area contributed by atoms with Gasteiger partial charge in [-0.25, -0.2) is 0 Å². The third-order valence-corrected chi connectivity index (χ3v) is 7.80. The van der Waals surface area contributed by atoms with Crippen LogP contribution in [0.5, 0.6) is 0 Å². The third-order valence-electron chi connectivity index (χ3n) is 7.80. The molecule has 1 aromatic heterocycles. The summed E-state index contributed by atoms with van der Waals surface area (Å²) < 4.78 is 0. The van der Waals surface area contributed by atoms with Crippen LogP contribution in [0.1, 0.15) is 55.5 Å². The lowest BCUT2D eigenvalue weighted by Crippen LogP contribution is -2.38. The Kier molecular flexibility index (Phi) is 7.36. The quantitative estimate of drug-likeness (QED) is 0.310. The van der Waals surface area contributed by atoms with Gasteiger partial charge in [0.1, 0.15) is 0 Å². The Morgan fingerprint density at radius 3 is 2.62 bits per heavy atom. The van der Waals surface area contributed by atoms with E-state index in [1.165, 1.54) is 72.3 Å². The zero-order chi connectivity index (χ0) is 23.3. The monoisotopic (exact) mass is 456 g/mol. The highest BCUT2D eigenvalue weighted by atomic mass is 15.2. The normalized spacial score (nSPS) is 19.4. The van der Waals surface area contributed by atoms with Gasteiger partial charge in [-0.3, -0.25) is 4.90 Å². The molecule has 180 valence electrons. The smallest absolute Gasteiger partial charge is 0.0757 e. The molecule has 0 saturated carbocycles. The van der Waals surface area contributed by atoms with Crippen molar-refractivity contribution in [2.24, 2.45) is 5.92 Å². The van der Waals surface area contributed by atoms with Crippen molar-refractivity contribution in [1.29, 1.82) is 0 Å². The zero-order valence-electron chi connectivity index (χ0n) is 20.7. The van der Waals surface area contributed by atoms with Crippen LogP contribution in [0.15, 0.2) is 61.2 Å². The van der Waals surface area contributed by atoms with E-state index >= 15 is 0 Å². The molecular weight excluding hydrogens is 416 g/mol. The molecule has 4 nitrogen and oxygen atoms in total. The number of hydrogen-bond donors (Lipinski definition) is 2. The topological polar surface area (TPSA) is 34.3 Å². The minimum absolute atomic E-state index is 0.278. The number of fused-ring (bicyclic) bond motifs is 3. The highest BCUT2D eigenvalue weighted by Crippen LogP contribution is 2.39. The maximum atomic E-state index is 3.97. The summed E-state index contributed by atoms with van der Waals surface area (Å²) in [7, 11) is 0. The van der Waals surface area contributed by atoms with Crippen LogP contribution in [0.4, 0.5) is 5.69 Å². The molecule has 1 fully saturated rings. The number of anilines is 1. The lowest BCUT2D eigenvalue weighted by atomic mass is 9.91. The Morgan fingerprint density at radius 1 is 1.06 bits per heavy atom. The molecule has 2 aromatic carbocycles. The summed E-state index contributed by atoms with van der Waals surface area (Å²) in [5, 5.41) is 4.99. The minimum Gasteiger partial charge on any atom is -0.372 e. The van der Waals surface area contributed by atoms with Crippen LogP contribution < -0.4 is 10.2 Å². The van der Waals surface area contributed by atoms with Crippen LogP contribution in [0.2, 0.25) is 0 Å². The van der Waals surface area contributed by atoms with E-state index in [0.717, 1.165) is 38.4 Å². The van der Waals surface area contributed by atoms with E-state index in [-0.39, 0.29) is 6.04 Å². The molecule has 3 heterocycles. The molecule has 1 atom stereocenters. The summed E-state index contributed by atoms with van der Waals surface area (Å²) in [4.78, 5) is 8.99. The predicted molar refractivity (Wildman–Crippen MR) is 145 cm³/mol. The molecule has 4 heteroatoms. The van der Waals surface area contributed by atoms with Crippen molar-refractivity contribution in [3.8, 4) is 0 Å². The van der Waals surface area contributed by atoms with Crippen molar-refractivity contribution in [3.05, 3.63) is 78.0 Å². The second kappa shape index (κ2) is 10.8. The first-order valence-electron chi connectivity index (χ1n) is 13.3. The number of hydrogen-bond acceptors (Lipinski definition) is 3. The number of nitrogens with one attached hydrogen (secondary N) is 2. The summed E-state index contributed by atoms with van der Waals surface area (Å²) in [5.41, 5.74) is 6.90. The van der Waals surface area contributed by atoms with Crippen molar-refractivity contribution >= 4 is 16.6 Å². The number of benzene rings is 2. The van der Waals surface area contributed by atoms with E-state index in [2.05, 4.69) is 82.1 Å². The second-order valence-corrected chi connectivity index (χ2v) is 10.1. The Morgan fingerprint density at radius 2 is 1.85 bits per heavy atom. The molecule has 0 aliphatic carbocycles. The maximum Gasteiger partial charge on any atom is 0.0757 e. The van der Waals surface area contributed by atoms with Gasteiger partial charge in [0.15, 0.2) is 0 Å². The van der Waals surface area contributed by atoms with Gasteiger partial charge >= 0.3 is 0 Å². The number of aromatic amines is 1. The van der Waals surface area contributed by atoms with Crippen LogP contribution in [0, 0.1) is 5.92 Å². The summed E-state index contributed by atoms with van der Waals surface area (Å²) >= 11 is 0. The van der Waals surface area contributed by atoms with Gasteiger partial charge in [-0.15, -0.1) is 6.58 Å². The lowest BCUT2D eigenvalue weighted by Gasteiger charge is -2.37. The second-order valence-electron chi connectivity index (χ2n) is 10.1. The number of piperidine rings is 1. The standard InChI is InChI=1S/C30H40N4/c1-3-5-18-34-21-16-27-26-8-6-7-9-28(26)32-29(27)30(34)24-10-12-25(13-11-24)33-19-14-23(15-20-33)22-31-17-4-2/h3,6-13,23,30-32H,1,4-5,14-22H2,2H3/t30-/m1/s1. The first kappa shape index (κ1) is 23.2. The summed E-state index contributed by atoms with van der Waals surface area (Å²) in [6.45, 7) is 13.0. The highest BCUT2D eigenvalue weighted by molar-refractivity contribution is 5.85. The van der Waals surface area contributed by atoms with Crippen LogP contribution in [0.3, 0.4) is 0 Å². The number of aromatic nitrogens is 1. The molecule has 0 unspecified atom stereocenters. The van der Waals surface area contributed by atoms with Gasteiger partial charge in [-0.05, 0) is 80.4 Å². The van der Waals surface area contributed by atoms with Gasteiger partial charge in [0.05, 0.1) is 6.04 Å². The van der Waals surface area contributed by atoms with Gasteiger partial charge in [-0.2, -0.15) is 0 Å². The first-order valence-corrected chi connectivity index (χ1v) is 13.3. The van der Waals surface area contributed by atoms with Crippen LogP contribution in [-0.4, -0.2) is 49.2 Å². The first-order chi connectivity index (χ1) is 16.8. The largest absolute Gasteiger partial charge is 0.372 e. The van der Waals surface area contributed by atoms with E-state index < -0.39 is 0 Å². The SMILES string of the molecule is C=CCCN1CCc2c([nH]c3ccccc23)[C@H]1c1ccc(N2CCC(CNCCC)CC2)cc1. The number of para-hydroxylation sites is 1. The number of nitrogens with zero attached hydrogens (tertiary/aromatic N) is 2. The van der Waals surface area contributed by atoms with Crippen LogP contribution in [0.25, 0.3) is 10.9 Å². The summed E-state index contributed by atoms with van der Waals surface area (Å²) in [6, 6.07) is 18.5. The fraction of sp³-hybridized carbons (Fsp3) is 0.467. The molecule has 3 aromatic rings. The number of H-pyrrole nitrogens is 1. The van der Waals surface area contributed by atoms with Crippen molar-refractivity contribution in [2.75, 3.05) is 44.2 Å². The predicted octanol–water partition coefficient (Wildman–Crippen LogP) is 5.91. The fourth-order valence-electron chi connectivity index (χ4n) is 5.91.